The number of likely N-dealkylation sites (tertiary alicyclic amines) is 1. The Balaban J connectivity index is 1.74. The summed E-state index contributed by atoms with van der Waals surface area (Å²) in [5, 5.41) is 0.254. The van der Waals surface area contributed by atoms with E-state index in [2.05, 4.69) is 4.98 Å². The molecule has 0 bridgehead atoms. The van der Waals surface area contributed by atoms with Crippen molar-refractivity contribution in [3.05, 3.63) is 40.7 Å². The maximum absolute atomic E-state index is 13.2. The number of aromatic nitrogens is 2. The molecule has 7 nitrogen and oxygen atoms in total. The summed E-state index contributed by atoms with van der Waals surface area (Å²) >= 11 is 0. The summed E-state index contributed by atoms with van der Waals surface area (Å²) < 4.78 is 19.5. The van der Waals surface area contributed by atoms with Gasteiger partial charge in [-0.05, 0) is 31.9 Å². The molecule has 2 heterocycles. The van der Waals surface area contributed by atoms with Crippen molar-refractivity contribution in [1.82, 2.24) is 14.5 Å². The number of carbonyl (C=O) groups excluding carboxylic acids is 2. The van der Waals surface area contributed by atoms with Crippen LogP contribution in [0.1, 0.15) is 19.8 Å². The van der Waals surface area contributed by atoms with E-state index in [1.54, 1.807) is 11.8 Å². The highest BCUT2D eigenvalue weighted by molar-refractivity contribution is 5.80. The van der Waals surface area contributed by atoms with E-state index in [0.29, 0.717) is 32.5 Å². The van der Waals surface area contributed by atoms with Crippen molar-refractivity contribution < 1.29 is 18.7 Å². The second-order valence-corrected chi connectivity index (χ2v) is 6.27. The van der Waals surface area contributed by atoms with Crippen LogP contribution in [0.5, 0.6) is 0 Å². The maximum atomic E-state index is 13.2. The summed E-state index contributed by atoms with van der Waals surface area (Å²) in [5.41, 5.74) is -0.152. The van der Waals surface area contributed by atoms with Crippen LogP contribution in [0.4, 0.5) is 4.39 Å². The number of halogens is 1. The molecule has 138 valence electrons. The lowest BCUT2D eigenvalue weighted by Crippen LogP contribution is -2.45. The molecule has 0 radical (unpaired) electrons. The van der Waals surface area contributed by atoms with Gasteiger partial charge in [0.05, 0.1) is 29.8 Å². The van der Waals surface area contributed by atoms with Crippen LogP contribution < -0.4 is 5.56 Å². The van der Waals surface area contributed by atoms with Crippen LogP contribution in [-0.2, 0) is 20.9 Å². The van der Waals surface area contributed by atoms with Gasteiger partial charge in [0.25, 0.3) is 5.56 Å². The Bertz CT molecular complexity index is 896. The van der Waals surface area contributed by atoms with Gasteiger partial charge in [-0.15, -0.1) is 0 Å². The van der Waals surface area contributed by atoms with Crippen molar-refractivity contribution in [2.75, 3.05) is 19.7 Å². The Hall–Kier alpha value is -2.77. The van der Waals surface area contributed by atoms with E-state index < -0.39 is 11.4 Å². The van der Waals surface area contributed by atoms with E-state index >= 15 is 0 Å². The van der Waals surface area contributed by atoms with Crippen LogP contribution in [0.25, 0.3) is 10.9 Å². The molecular formula is C18H20FN3O4. The van der Waals surface area contributed by atoms with Gasteiger partial charge in [0.2, 0.25) is 5.91 Å². The van der Waals surface area contributed by atoms with E-state index in [1.807, 2.05) is 0 Å². The van der Waals surface area contributed by atoms with Gasteiger partial charge in [0.1, 0.15) is 12.4 Å². The van der Waals surface area contributed by atoms with Gasteiger partial charge in [0, 0.05) is 19.2 Å². The fraction of sp³-hybridized carbons (Fsp3) is 0.444. The zero-order valence-electron chi connectivity index (χ0n) is 14.5. The first-order valence-electron chi connectivity index (χ1n) is 8.58. The van der Waals surface area contributed by atoms with Gasteiger partial charge in [0.15, 0.2) is 0 Å². The Labute approximate surface area is 149 Å². The van der Waals surface area contributed by atoms with Crippen molar-refractivity contribution in [2.45, 2.75) is 26.3 Å². The van der Waals surface area contributed by atoms with Crippen LogP contribution in [0.2, 0.25) is 0 Å². The molecule has 1 atom stereocenters. The molecule has 3 rings (SSSR count). The van der Waals surface area contributed by atoms with Crippen molar-refractivity contribution in [3.8, 4) is 0 Å². The first-order chi connectivity index (χ1) is 12.5. The van der Waals surface area contributed by atoms with Crippen molar-refractivity contribution >= 4 is 22.8 Å². The van der Waals surface area contributed by atoms with E-state index in [9.17, 15) is 18.8 Å². The molecule has 1 saturated heterocycles. The number of rotatable bonds is 4. The van der Waals surface area contributed by atoms with E-state index in [4.69, 9.17) is 4.74 Å². The second-order valence-electron chi connectivity index (χ2n) is 6.27. The SMILES string of the molecule is CCOC(=O)C1CCCN(C(=O)Cn2cnc3cc(F)ccc3c2=O)C1. The van der Waals surface area contributed by atoms with Gasteiger partial charge < -0.3 is 9.64 Å². The number of hydrogen-bond acceptors (Lipinski definition) is 5. The zero-order chi connectivity index (χ0) is 18.7. The third kappa shape index (κ3) is 3.74. The smallest absolute Gasteiger partial charge is 0.310 e. The summed E-state index contributed by atoms with van der Waals surface area (Å²) in [4.78, 5) is 42.6. The molecule has 0 spiro atoms. The lowest BCUT2D eigenvalue weighted by molar-refractivity contribution is -0.151. The highest BCUT2D eigenvalue weighted by Crippen LogP contribution is 2.18. The van der Waals surface area contributed by atoms with Crippen LogP contribution in [0.3, 0.4) is 0 Å². The largest absolute Gasteiger partial charge is 0.466 e. The Morgan fingerprint density at radius 3 is 2.96 bits per heavy atom. The normalized spacial score (nSPS) is 17.3. The number of amides is 1. The topological polar surface area (TPSA) is 81.5 Å². The average molecular weight is 361 g/mol. The van der Waals surface area contributed by atoms with Crippen molar-refractivity contribution in [2.24, 2.45) is 5.92 Å². The van der Waals surface area contributed by atoms with E-state index in [-0.39, 0.29) is 35.2 Å². The molecule has 1 aliphatic rings. The Morgan fingerprint density at radius 2 is 2.19 bits per heavy atom. The second kappa shape index (κ2) is 7.63. The molecule has 8 heteroatoms. The van der Waals surface area contributed by atoms with E-state index in [0.717, 1.165) is 0 Å². The lowest BCUT2D eigenvalue weighted by atomic mass is 9.98. The van der Waals surface area contributed by atoms with Gasteiger partial charge in [-0.2, -0.15) is 0 Å². The molecule has 1 fully saturated rings. The maximum Gasteiger partial charge on any atom is 0.310 e. The summed E-state index contributed by atoms with van der Waals surface area (Å²) in [5.74, 6) is -1.36. The van der Waals surface area contributed by atoms with Gasteiger partial charge >= 0.3 is 5.97 Å². The monoisotopic (exact) mass is 361 g/mol. The standard InChI is InChI=1S/C18H20FN3O4/c1-2-26-18(25)12-4-3-7-21(9-12)16(23)10-22-11-20-15-8-13(19)5-6-14(15)17(22)24/h5-6,8,11-12H,2-4,7,9-10H2,1H3. The number of benzene rings is 1. The lowest BCUT2D eigenvalue weighted by Gasteiger charge is -2.31. The van der Waals surface area contributed by atoms with Crippen LogP contribution >= 0.6 is 0 Å². The molecule has 26 heavy (non-hydrogen) atoms. The molecule has 2 aromatic rings. The Kier molecular flexibility index (Phi) is 5.29. The van der Waals surface area contributed by atoms with E-state index in [1.165, 1.54) is 29.1 Å². The first kappa shape index (κ1) is 18.0. The number of esters is 1. The van der Waals surface area contributed by atoms with Crippen molar-refractivity contribution in [1.29, 1.82) is 0 Å². The number of fused-ring (bicyclic) bond motifs is 1. The quantitative estimate of drug-likeness (QED) is 0.768. The molecule has 1 aliphatic heterocycles. The molecule has 1 aromatic heterocycles. The predicted molar refractivity (Wildman–Crippen MR) is 91.9 cm³/mol. The first-order valence-corrected chi connectivity index (χ1v) is 8.58. The summed E-state index contributed by atoms with van der Waals surface area (Å²) in [7, 11) is 0. The zero-order valence-corrected chi connectivity index (χ0v) is 14.5. The molecule has 1 unspecified atom stereocenters. The van der Waals surface area contributed by atoms with Crippen molar-refractivity contribution in [3.63, 3.8) is 0 Å². The minimum Gasteiger partial charge on any atom is -0.466 e. The van der Waals surface area contributed by atoms with Crippen LogP contribution in [-0.4, -0.2) is 46.0 Å². The van der Waals surface area contributed by atoms with Gasteiger partial charge in [-0.25, -0.2) is 9.37 Å². The minimum atomic E-state index is -0.475. The third-order valence-corrected chi connectivity index (χ3v) is 4.49. The summed E-state index contributed by atoms with van der Waals surface area (Å²) in [6.07, 6.45) is 2.64. The number of hydrogen-bond donors (Lipinski definition) is 0. The molecule has 1 amide bonds. The molecule has 0 N–H and O–H groups in total. The number of carbonyl (C=O) groups is 2. The predicted octanol–water partition coefficient (Wildman–Crippen LogP) is 1.34. The Morgan fingerprint density at radius 1 is 1.38 bits per heavy atom. The molecule has 1 aromatic carbocycles. The molecule has 0 aliphatic carbocycles. The fourth-order valence-electron chi connectivity index (χ4n) is 3.15. The van der Waals surface area contributed by atoms with Crippen LogP contribution in [0, 0.1) is 11.7 Å². The number of ether oxygens (including phenoxy) is 1. The fourth-order valence-corrected chi connectivity index (χ4v) is 3.15. The average Bonchev–Trinajstić information content (AvgIpc) is 2.64. The highest BCUT2D eigenvalue weighted by atomic mass is 19.1. The summed E-state index contributed by atoms with van der Waals surface area (Å²) in [6, 6.07) is 3.72. The number of nitrogens with zero attached hydrogens (tertiary/aromatic N) is 3. The highest BCUT2D eigenvalue weighted by Gasteiger charge is 2.29. The van der Waals surface area contributed by atoms with Crippen LogP contribution in [0.15, 0.2) is 29.3 Å². The van der Waals surface area contributed by atoms with Gasteiger partial charge in [-0.3, -0.25) is 19.0 Å². The molecular weight excluding hydrogens is 341 g/mol. The summed E-state index contributed by atoms with van der Waals surface area (Å²) in [6.45, 7) is 2.71. The molecule has 0 saturated carbocycles. The third-order valence-electron chi connectivity index (χ3n) is 4.49. The van der Waals surface area contributed by atoms with Gasteiger partial charge in [-0.1, -0.05) is 0 Å². The minimum absolute atomic E-state index is 0.172. The number of piperidine rings is 1.